The van der Waals surface area contributed by atoms with Crippen LogP contribution in [0.15, 0.2) is 66.9 Å². The molecule has 4 N–H and O–H groups in total. The highest BCUT2D eigenvalue weighted by atomic mass is 16.4. The van der Waals surface area contributed by atoms with Gasteiger partial charge >= 0.3 is 12.0 Å². The van der Waals surface area contributed by atoms with Crippen molar-refractivity contribution in [1.82, 2.24) is 15.6 Å². The summed E-state index contributed by atoms with van der Waals surface area (Å²) in [6.45, 7) is 4.83. The number of nitrogens with one attached hydrogen (secondary N) is 3. The number of hydrogen-bond donors (Lipinski definition) is 4. The second-order valence-electron chi connectivity index (χ2n) is 9.56. The van der Waals surface area contributed by atoms with Gasteiger partial charge in [0, 0.05) is 37.2 Å². The van der Waals surface area contributed by atoms with Gasteiger partial charge in [-0.1, -0.05) is 69.0 Å². The maximum Gasteiger partial charge on any atom is 0.321 e. The number of amides is 2. The van der Waals surface area contributed by atoms with Gasteiger partial charge in [-0.25, -0.2) is 4.79 Å². The maximum atomic E-state index is 12.6. The first-order valence-electron chi connectivity index (χ1n) is 13.2. The summed E-state index contributed by atoms with van der Waals surface area (Å²) >= 11 is 0. The van der Waals surface area contributed by atoms with Gasteiger partial charge in [0.05, 0.1) is 0 Å². The van der Waals surface area contributed by atoms with E-state index in [4.69, 9.17) is 0 Å². The molecule has 2 amide bonds. The number of aliphatic carboxylic acids is 1. The molecule has 37 heavy (non-hydrogen) atoms. The number of carbonyl (C=O) groups excluding carboxylic acids is 1. The van der Waals surface area contributed by atoms with E-state index in [1.54, 1.807) is 11.9 Å². The minimum atomic E-state index is -0.877. The largest absolute Gasteiger partial charge is 0.480 e. The molecule has 0 spiro atoms. The Kier molecular flexibility index (Phi) is 10.8. The molecular weight excluding hydrogens is 464 g/mol. The molecule has 198 valence electrons. The van der Waals surface area contributed by atoms with E-state index in [1.807, 2.05) is 73.8 Å². The van der Waals surface area contributed by atoms with E-state index in [0.29, 0.717) is 13.0 Å². The van der Waals surface area contributed by atoms with E-state index in [2.05, 4.69) is 22.5 Å². The van der Waals surface area contributed by atoms with E-state index < -0.39 is 12.0 Å². The minimum Gasteiger partial charge on any atom is -0.480 e. The molecule has 2 aromatic carbocycles. The highest BCUT2D eigenvalue weighted by Gasteiger charge is 2.21. The maximum absolute atomic E-state index is 12.6. The van der Waals surface area contributed by atoms with Crippen molar-refractivity contribution in [3.05, 3.63) is 78.1 Å². The lowest BCUT2D eigenvalue weighted by atomic mass is 9.99. The van der Waals surface area contributed by atoms with Crippen LogP contribution in [-0.2, 0) is 11.2 Å². The number of unbranched alkanes of at least 4 members (excludes halogenated alkanes) is 4. The highest BCUT2D eigenvalue weighted by Crippen LogP contribution is 2.25. The Morgan fingerprint density at radius 2 is 1.73 bits per heavy atom. The molecular formula is C30H40N4O3. The molecule has 0 saturated carbocycles. The van der Waals surface area contributed by atoms with Gasteiger partial charge in [-0.15, -0.1) is 0 Å². The number of rotatable bonds is 14. The Labute approximate surface area is 220 Å². The molecule has 1 unspecified atom stereocenters. The second-order valence-corrected chi connectivity index (χ2v) is 9.56. The number of hydrogen-bond acceptors (Lipinski definition) is 3. The molecule has 0 aliphatic rings. The van der Waals surface area contributed by atoms with Crippen molar-refractivity contribution in [3.8, 4) is 11.1 Å². The number of benzene rings is 2. The third kappa shape index (κ3) is 8.50. The number of anilines is 1. The summed E-state index contributed by atoms with van der Waals surface area (Å²) in [7, 11) is 1.78. The molecule has 1 heterocycles. The zero-order valence-electron chi connectivity index (χ0n) is 22.2. The van der Waals surface area contributed by atoms with Gasteiger partial charge in [-0.2, -0.15) is 0 Å². The van der Waals surface area contributed by atoms with Gasteiger partial charge in [-0.05, 0) is 60.7 Å². The standard InChI is InChI=1S/C30H40N4O3/c1-4-5-6-7-8-18-32-30(37)34(3)26-12-9-11-25(21-26)24-16-14-23(15-17-24)20-28(29(35)36)33-22(2)27-13-10-19-31-27/h9-17,19,21-22,28,31,33H,4-8,18,20H2,1-3H3,(H,32,37)(H,35,36)/t22?,28-/m0/s1. The highest BCUT2D eigenvalue weighted by molar-refractivity contribution is 5.92. The SMILES string of the molecule is CCCCCCCNC(=O)N(C)c1cccc(-c2ccc(C[C@H](NC(C)c3ccc[nH]3)C(=O)O)cc2)c1. The fraction of sp³-hybridized carbons (Fsp3) is 0.400. The van der Waals surface area contributed by atoms with Crippen molar-refractivity contribution in [3.63, 3.8) is 0 Å². The fourth-order valence-electron chi connectivity index (χ4n) is 4.35. The second kappa shape index (κ2) is 14.2. The summed E-state index contributed by atoms with van der Waals surface area (Å²) in [5.74, 6) is -0.877. The minimum absolute atomic E-state index is 0.103. The third-order valence-electron chi connectivity index (χ3n) is 6.66. The van der Waals surface area contributed by atoms with Crippen LogP contribution >= 0.6 is 0 Å². The summed E-state index contributed by atoms with van der Waals surface area (Å²) in [6.07, 6.45) is 8.00. The van der Waals surface area contributed by atoms with Crippen molar-refractivity contribution < 1.29 is 14.7 Å². The predicted molar refractivity (Wildman–Crippen MR) is 150 cm³/mol. The van der Waals surface area contributed by atoms with Crippen molar-refractivity contribution in [2.24, 2.45) is 0 Å². The van der Waals surface area contributed by atoms with Crippen LogP contribution in [0.25, 0.3) is 11.1 Å². The van der Waals surface area contributed by atoms with Gasteiger partial charge in [0.25, 0.3) is 0 Å². The first-order chi connectivity index (χ1) is 17.9. The van der Waals surface area contributed by atoms with E-state index in [1.165, 1.54) is 19.3 Å². The number of aromatic amines is 1. The number of carboxylic acids is 1. The van der Waals surface area contributed by atoms with Crippen LogP contribution in [0.4, 0.5) is 10.5 Å². The number of carbonyl (C=O) groups is 2. The molecule has 0 saturated heterocycles. The summed E-state index contributed by atoms with van der Waals surface area (Å²) in [4.78, 5) is 29.2. The lowest BCUT2D eigenvalue weighted by Crippen LogP contribution is -2.40. The van der Waals surface area contributed by atoms with Crippen LogP contribution in [0.2, 0.25) is 0 Å². The van der Waals surface area contributed by atoms with E-state index in [9.17, 15) is 14.7 Å². The predicted octanol–water partition coefficient (Wildman–Crippen LogP) is 6.14. The molecule has 3 aromatic rings. The molecule has 0 bridgehead atoms. The Hall–Kier alpha value is -3.58. The molecule has 2 atom stereocenters. The first kappa shape index (κ1) is 28.0. The molecule has 0 radical (unpaired) electrons. The number of H-pyrrole nitrogens is 1. The van der Waals surface area contributed by atoms with Crippen LogP contribution in [0, 0.1) is 0 Å². The van der Waals surface area contributed by atoms with Crippen LogP contribution in [0.1, 0.15) is 63.3 Å². The lowest BCUT2D eigenvalue weighted by Gasteiger charge is -2.20. The number of aromatic nitrogens is 1. The summed E-state index contributed by atoms with van der Waals surface area (Å²) < 4.78 is 0. The third-order valence-corrected chi connectivity index (χ3v) is 6.66. The van der Waals surface area contributed by atoms with Gasteiger partial charge in [0.2, 0.25) is 0 Å². The van der Waals surface area contributed by atoms with Crippen molar-refractivity contribution >= 4 is 17.7 Å². The Morgan fingerprint density at radius 3 is 2.41 bits per heavy atom. The topological polar surface area (TPSA) is 97.5 Å². The molecule has 0 aliphatic carbocycles. The monoisotopic (exact) mass is 504 g/mol. The van der Waals surface area contributed by atoms with Crippen LogP contribution in [0.5, 0.6) is 0 Å². The van der Waals surface area contributed by atoms with Gasteiger partial charge in [0.1, 0.15) is 6.04 Å². The zero-order valence-corrected chi connectivity index (χ0v) is 22.2. The quantitative estimate of drug-likeness (QED) is 0.198. The number of carboxylic acid groups (broad SMARTS) is 1. The Morgan fingerprint density at radius 1 is 0.973 bits per heavy atom. The molecule has 7 nitrogen and oxygen atoms in total. The average molecular weight is 505 g/mol. The molecule has 1 aromatic heterocycles. The molecule has 0 fully saturated rings. The smallest absolute Gasteiger partial charge is 0.321 e. The van der Waals surface area contributed by atoms with E-state index in [-0.39, 0.29) is 12.1 Å². The summed E-state index contributed by atoms with van der Waals surface area (Å²) in [6, 6.07) is 18.7. The Bertz CT molecular complexity index is 1110. The van der Waals surface area contributed by atoms with Crippen LogP contribution < -0.4 is 15.5 Å². The molecule has 0 aliphatic heterocycles. The van der Waals surface area contributed by atoms with Crippen LogP contribution in [-0.4, -0.2) is 41.7 Å². The average Bonchev–Trinajstić information content (AvgIpc) is 3.45. The van der Waals surface area contributed by atoms with Gasteiger partial charge < -0.3 is 15.4 Å². The van der Waals surface area contributed by atoms with Crippen molar-refractivity contribution in [1.29, 1.82) is 0 Å². The Balaban J connectivity index is 1.59. The first-order valence-corrected chi connectivity index (χ1v) is 13.2. The fourth-order valence-corrected chi connectivity index (χ4v) is 4.35. The van der Waals surface area contributed by atoms with Crippen molar-refractivity contribution in [2.45, 2.75) is 64.5 Å². The lowest BCUT2D eigenvalue weighted by molar-refractivity contribution is -0.139. The van der Waals surface area contributed by atoms with Gasteiger partial charge in [0.15, 0.2) is 0 Å². The van der Waals surface area contributed by atoms with Gasteiger partial charge in [-0.3, -0.25) is 15.0 Å². The van der Waals surface area contributed by atoms with Crippen LogP contribution in [0.3, 0.4) is 0 Å². The molecule has 3 rings (SSSR count). The number of nitrogens with zero attached hydrogens (tertiary/aromatic N) is 1. The van der Waals surface area contributed by atoms with E-state index in [0.717, 1.165) is 40.9 Å². The zero-order chi connectivity index (χ0) is 26.6. The normalized spacial score (nSPS) is 12.6. The number of urea groups is 1. The van der Waals surface area contributed by atoms with E-state index >= 15 is 0 Å². The summed E-state index contributed by atoms with van der Waals surface area (Å²) in [5.41, 5.74) is 4.71. The summed E-state index contributed by atoms with van der Waals surface area (Å²) in [5, 5.41) is 15.9. The van der Waals surface area contributed by atoms with Crippen molar-refractivity contribution in [2.75, 3.05) is 18.5 Å². The molecule has 7 heteroatoms.